The van der Waals surface area contributed by atoms with E-state index >= 15 is 0 Å². The third kappa shape index (κ3) is 7.51. The van der Waals surface area contributed by atoms with Crippen LogP contribution in [0.5, 0.6) is 0 Å². The molecule has 206 valence electrons. The number of halogens is 2. The minimum absolute atomic E-state index is 0.0611. The average molecular weight is 590 g/mol. The predicted octanol–water partition coefficient (Wildman–Crippen LogP) is 4.45. The standard InChI is InChI=1S/C28H30Cl2N4O4S/c1-2-25(27(31)35)32-28(36)21-4-3-5-24(14-21)33-39(37,38)17-18-15-34(16-18)26(19-6-10-22(29)11-7-19)20-8-12-23(30)13-9-20/h3-14,18,25-26,33H,2,15-17H2,1H3,(H2,31,35)(H,32,36). The summed E-state index contributed by atoms with van der Waals surface area (Å²) in [6, 6.07) is 20.5. The van der Waals surface area contributed by atoms with Crippen molar-refractivity contribution in [2.75, 3.05) is 23.6 Å². The van der Waals surface area contributed by atoms with Crippen LogP contribution < -0.4 is 15.8 Å². The van der Waals surface area contributed by atoms with Crippen LogP contribution in [0, 0.1) is 5.92 Å². The molecule has 39 heavy (non-hydrogen) atoms. The van der Waals surface area contributed by atoms with Gasteiger partial charge in [-0.25, -0.2) is 8.42 Å². The number of carbonyl (C=O) groups is 2. The Morgan fingerprint density at radius 1 is 0.974 bits per heavy atom. The summed E-state index contributed by atoms with van der Waals surface area (Å²) in [5.41, 5.74) is 7.90. The van der Waals surface area contributed by atoms with E-state index in [1.165, 1.54) is 12.1 Å². The summed E-state index contributed by atoms with van der Waals surface area (Å²) in [5.74, 6) is -1.27. The number of amides is 2. The van der Waals surface area contributed by atoms with Gasteiger partial charge in [0.25, 0.3) is 5.91 Å². The summed E-state index contributed by atoms with van der Waals surface area (Å²) in [4.78, 5) is 26.2. The maximum Gasteiger partial charge on any atom is 0.252 e. The highest BCUT2D eigenvalue weighted by Crippen LogP contribution is 2.35. The lowest BCUT2D eigenvalue weighted by atomic mass is 9.91. The summed E-state index contributed by atoms with van der Waals surface area (Å²) in [6.07, 6.45) is 0.350. The lowest BCUT2D eigenvalue weighted by molar-refractivity contribution is -0.119. The molecule has 0 saturated carbocycles. The number of carbonyl (C=O) groups excluding carboxylic acids is 2. The van der Waals surface area contributed by atoms with Crippen LogP contribution in [0.1, 0.15) is 40.9 Å². The third-order valence-electron chi connectivity index (χ3n) is 6.63. The molecule has 3 aromatic carbocycles. The van der Waals surface area contributed by atoms with Gasteiger partial charge in [0, 0.05) is 40.3 Å². The van der Waals surface area contributed by atoms with Crippen molar-refractivity contribution in [3.8, 4) is 0 Å². The van der Waals surface area contributed by atoms with E-state index in [0.29, 0.717) is 29.6 Å². The highest BCUT2D eigenvalue weighted by molar-refractivity contribution is 7.92. The molecule has 1 atom stereocenters. The second-order valence-electron chi connectivity index (χ2n) is 9.63. The summed E-state index contributed by atoms with van der Waals surface area (Å²) in [6.45, 7) is 2.91. The summed E-state index contributed by atoms with van der Waals surface area (Å²) >= 11 is 12.2. The van der Waals surface area contributed by atoms with Gasteiger partial charge in [-0.15, -0.1) is 0 Å². The first kappa shape index (κ1) is 28.9. The first-order valence-electron chi connectivity index (χ1n) is 12.5. The molecule has 2 amide bonds. The minimum Gasteiger partial charge on any atom is -0.368 e. The smallest absolute Gasteiger partial charge is 0.252 e. The number of benzene rings is 3. The average Bonchev–Trinajstić information content (AvgIpc) is 2.87. The summed E-state index contributed by atoms with van der Waals surface area (Å²) < 4.78 is 28.5. The topological polar surface area (TPSA) is 122 Å². The fourth-order valence-electron chi connectivity index (χ4n) is 4.70. The summed E-state index contributed by atoms with van der Waals surface area (Å²) in [5, 5.41) is 3.85. The van der Waals surface area contributed by atoms with Gasteiger partial charge >= 0.3 is 0 Å². The Labute approximate surface area is 238 Å². The summed E-state index contributed by atoms with van der Waals surface area (Å²) in [7, 11) is -3.69. The number of nitrogens with two attached hydrogens (primary N) is 1. The van der Waals surface area contributed by atoms with Gasteiger partial charge in [0.15, 0.2) is 0 Å². The second-order valence-corrected chi connectivity index (χ2v) is 12.3. The largest absolute Gasteiger partial charge is 0.368 e. The Bertz CT molecular complexity index is 1380. The van der Waals surface area contributed by atoms with E-state index in [1.54, 1.807) is 19.1 Å². The van der Waals surface area contributed by atoms with E-state index in [-0.39, 0.29) is 29.0 Å². The van der Waals surface area contributed by atoms with Gasteiger partial charge in [0.2, 0.25) is 15.9 Å². The molecule has 0 bridgehead atoms. The van der Waals surface area contributed by atoms with Gasteiger partial charge in [-0.05, 0) is 60.0 Å². The molecule has 4 N–H and O–H groups in total. The van der Waals surface area contributed by atoms with Crippen molar-refractivity contribution in [1.82, 2.24) is 10.2 Å². The zero-order valence-corrected chi connectivity index (χ0v) is 23.6. The van der Waals surface area contributed by atoms with Crippen molar-refractivity contribution in [2.24, 2.45) is 11.7 Å². The fourth-order valence-corrected chi connectivity index (χ4v) is 6.35. The number of anilines is 1. The first-order chi connectivity index (χ1) is 18.5. The van der Waals surface area contributed by atoms with Gasteiger partial charge in [-0.1, -0.05) is 60.5 Å². The van der Waals surface area contributed by atoms with Crippen molar-refractivity contribution in [2.45, 2.75) is 25.4 Å². The third-order valence-corrected chi connectivity index (χ3v) is 8.59. The first-order valence-corrected chi connectivity index (χ1v) is 14.9. The van der Waals surface area contributed by atoms with Crippen molar-refractivity contribution in [3.05, 3.63) is 99.5 Å². The van der Waals surface area contributed by atoms with Crippen molar-refractivity contribution in [1.29, 1.82) is 0 Å². The Hall–Kier alpha value is -3.11. The van der Waals surface area contributed by atoms with Gasteiger partial charge in [0.1, 0.15) is 6.04 Å². The lowest BCUT2D eigenvalue weighted by Gasteiger charge is -2.44. The van der Waals surface area contributed by atoms with Crippen LogP contribution in [0.25, 0.3) is 0 Å². The second kappa shape index (κ2) is 12.4. The Morgan fingerprint density at radius 2 is 1.54 bits per heavy atom. The van der Waals surface area contributed by atoms with Crippen molar-refractivity contribution in [3.63, 3.8) is 0 Å². The number of sulfonamides is 1. The molecule has 0 radical (unpaired) electrons. The van der Waals surface area contributed by atoms with Crippen LogP contribution in [-0.4, -0.2) is 50.0 Å². The lowest BCUT2D eigenvalue weighted by Crippen LogP contribution is -2.51. The Balaban J connectivity index is 1.40. The van der Waals surface area contributed by atoms with Crippen LogP contribution in [0.3, 0.4) is 0 Å². The number of likely N-dealkylation sites (tertiary alicyclic amines) is 1. The maximum absolute atomic E-state index is 13.0. The van der Waals surface area contributed by atoms with Crippen LogP contribution in [0.4, 0.5) is 5.69 Å². The molecule has 1 heterocycles. The number of primary amides is 1. The molecule has 1 saturated heterocycles. The van der Waals surface area contributed by atoms with Crippen molar-refractivity contribution < 1.29 is 18.0 Å². The zero-order chi connectivity index (χ0) is 28.2. The normalized spacial score (nSPS) is 15.0. The zero-order valence-electron chi connectivity index (χ0n) is 21.3. The molecule has 1 aliphatic rings. The molecular weight excluding hydrogens is 559 g/mol. The minimum atomic E-state index is -3.69. The molecule has 3 aromatic rings. The molecule has 1 unspecified atom stereocenters. The molecule has 1 fully saturated rings. The molecule has 1 aliphatic heterocycles. The van der Waals surface area contributed by atoms with Gasteiger partial charge in [0.05, 0.1) is 11.8 Å². The number of hydrogen-bond acceptors (Lipinski definition) is 5. The van der Waals surface area contributed by atoms with E-state index in [4.69, 9.17) is 28.9 Å². The van der Waals surface area contributed by atoms with Crippen molar-refractivity contribution >= 4 is 50.7 Å². The molecule has 0 aliphatic carbocycles. The van der Waals surface area contributed by atoms with E-state index < -0.39 is 27.9 Å². The molecule has 0 spiro atoms. The fraction of sp³-hybridized carbons (Fsp3) is 0.286. The van der Waals surface area contributed by atoms with Crippen LogP contribution in [-0.2, 0) is 14.8 Å². The van der Waals surface area contributed by atoms with Gasteiger partial charge < -0.3 is 11.1 Å². The van der Waals surface area contributed by atoms with E-state index in [2.05, 4.69) is 14.9 Å². The predicted molar refractivity (Wildman–Crippen MR) is 154 cm³/mol. The van der Waals surface area contributed by atoms with E-state index in [0.717, 1.165) is 11.1 Å². The highest BCUT2D eigenvalue weighted by Gasteiger charge is 2.36. The number of rotatable bonds is 11. The SMILES string of the molecule is CCC(NC(=O)c1cccc(NS(=O)(=O)CC2CN(C(c3ccc(Cl)cc3)c3ccc(Cl)cc3)C2)c1)C(N)=O. The van der Waals surface area contributed by atoms with Gasteiger partial charge in [-0.2, -0.15) is 0 Å². The monoisotopic (exact) mass is 588 g/mol. The van der Waals surface area contributed by atoms with E-state index in [9.17, 15) is 18.0 Å². The number of nitrogens with one attached hydrogen (secondary N) is 2. The van der Waals surface area contributed by atoms with Crippen LogP contribution in [0.2, 0.25) is 10.0 Å². The van der Waals surface area contributed by atoms with Crippen LogP contribution >= 0.6 is 23.2 Å². The highest BCUT2D eigenvalue weighted by atomic mass is 35.5. The number of nitrogens with zero attached hydrogens (tertiary/aromatic N) is 1. The quantitative estimate of drug-likeness (QED) is 0.305. The maximum atomic E-state index is 13.0. The Morgan fingerprint density at radius 3 is 2.05 bits per heavy atom. The molecule has 0 aromatic heterocycles. The molecular formula is C28H30Cl2N4O4S. The van der Waals surface area contributed by atoms with Gasteiger partial charge in [-0.3, -0.25) is 19.2 Å². The molecule has 8 nitrogen and oxygen atoms in total. The molecule has 4 rings (SSSR count). The van der Waals surface area contributed by atoms with E-state index in [1.807, 2.05) is 48.5 Å². The molecule has 11 heteroatoms. The Kier molecular flexibility index (Phi) is 9.17. The van der Waals surface area contributed by atoms with Crippen LogP contribution in [0.15, 0.2) is 72.8 Å². The number of hydrogen-bond donors (Lipinski definition) is 3.